The maximum Gasteiger partial charge on any atom is 0.216 e. The first kappa shape index (κ1) is 18.9. The van der Waals surface area contributed by atoms with E-state index < -0.39 is 0 Å². The summed E-state index contributed by atoms with van der Waals surface area (Å²) in [6.07, 6.45) is 1.56. The van der Waals surface area contributed by atoms with Gasteiger partial charge in [-0.25, -0.2) is 0 Å². The highest BCUT2D eigenvalue weighted by Gasteiger charge is 2.06. The summed E-state index contributed by atoms with van der Waals surface area (Å²) in [6.45, 7) is 0.535. The van der Waals surface area contributed by atoms with Crippen LogP contribution in [0.3, 0.4) is 0 Å². The molecule has 4 rings (SSSR count). The second-order valence-electron chi connectivity index (χ2n) is 6.43. The quantitative estimate of drug-likeness (QED) is 0.450. The molecule has 1 aromatic heterocycles. The van der Waals surface area contributed by atoms with Crippen molar-refractivity contribution in [2.45, 2.75) is 6.61 Å². The predicted molar refractivity (Wildman–Crippen MR) is 114 cm³/mol. The number of hydrogen-bond donors (Lipinski definition) is 2. The van der Waals surface area contributed by atoms with Gasteiger partial charge in [0.1, 0.15) is 24.0 Å². The van der Waals surface area contributed by atoms with Gasteiger partial charge in [-0.05, 0) is 46.2 Å². The van der Waals surface area contributed by atoms with Crippen molar-refractivity contribution in [2.24, 2.45) is 0 Å². The van der Waals surface area contributed by atoms with E-state index in [0.717, 1.165) is 28.1 Å². The van der Waals surface area contributed by atoms with E-state index >= 15 is 0 Å². The van der Waals surface area contributed by atoms with Gasteiger partial charge in [0.25, 0.3) is 0 Å². The molecule has 0 fully saturated rings. The Kier molecular flexibility index (Phi) is 5.78. The van der Waals surface area contributed by atoms with E-state index in [1.54, 1.807) is 6.20 Å². The lowest BCUT2D eigenvalue weighted by atomic mass is 10.0. The number of H-pyrrole nitrogens is 1. The van der Waals surface area contributed by atoms with Gasteiger partial charge in [-0.2, -0.15) is 10.5 Å². The summed E-state index contributed by atoms with van der Waals surface area (Å²) in [6, 6.07) is 28.0. The molecule has 4 aromatic rings. The zero-order chi connectivity index (χ0) is 20.6. The van der Waals surface area contributed by atoms with Crippen LogP contribution in [0.5, 0.6) is 5.75 Å². The van der Waals surface area contributed by atoms with Gasteiger partial charge >= 0.3 is 0 Å². The molecule has 0 spiro atoms. The molecule has 0 radical (unpaired) electrons. The van der Waals surface area contributed by atoms with Crippen LogP contribution in [0.25, 0.3) is 16.7 Å². The first-order chi connectivity index (χ1) is 14.8. The number of aromatic nitrogens is 4. The third kappa shape index (κ3) is 4.69. The molecule has 30 heavy (non-hydrogen) atoms. The number of allylic oxidation sites excluding steroid dienone is 1. The van der Waals surface area contributed by atoms with E-state index in [4.69, 9.17) is 4.74 Å². The predicted octanol–water partition coefficient (Wildman–Crippen LogP) is 4.42. The summed E-state index contributed by atoms with van der Waals surface area (Å²) >= 11 is 0. The second kappa shape index (κ2) is 9.17. The number of tetrazole rings is 1. The van der Waals surface area contributed by atoms with E-state index in [1.165, 1.54) is 0 Å². The molecular weight excluding hydrogens is 376 g/mol. The third-order valence-corrected chi connectivity index (χ3v) is 4.39. The molecule has 2 N–H and O–H groups in total. The van der Waals surface area contributed by atoms with Crippen LogP contribution in [0.2, 0.25) is 0 Å². The molecule has 0 aliphatic rings. The maximum absolute atomic E-state index is 9.26. The molecule has 0 saturated heterocycles. The van der Waals surface area contributed by atoms with Crippen LogP contribution in [0.15, 0.2) is 85.1 Å². The third-order valence-electron chi connectivity index (χ3n) is 4.39. The number of nitriles is 1. The van der Waals surface area contributed by atoms with Gasteiger partial charge in [0.2, 0.25) is 5.82 Å². The van der Waals surface area contributed by atoms with Crippen molar-refractivity contribution < 1.29 is 4.74 Å². The molecule has 7 nitrogen and oxygen atoms in total. The van der Waals surface area contributed by atoms with Crippen LogP contribution in [0, 0.1) is 11.3 Å². The van der Waals surface area contributed by atoms with Gasteiger partial charge in [-0.3, -0.25) is 0 Å². The van der Waals surface area contributed by atoms with Gasteiger partial charge < -0.3 is 10.1 Å². The Balaban J connectivity index is 1.44. The van der Waals surface area contributed by atoms with E-state index in [0.29, 0.717) is 6.61 Å². The summed E-state index contributed by atoms with van der Waals surface area (Å²) in [7, 11) is 0. The van der Waals surface area contributed by atoms with Gasteiger partial charge in [0.15, 0.2) is 0 Å². The summed E-state index contributed by atoms with van der Waals surface area (Å²) in [5, 5.41) is 25.8. The molecule has 3 aromatic carbocycles. The van der Waals surface area contributed by atoms with Gasteiger partial charge in [-0.15, -0.1) is 10.2 Å². The Bertz CT molecular complexity index is 1160. The number of aromatic amines is 1. The van der Waals surface area contributed by atoms with Gasteiger partial charge in [-0.1, -0.05) is 54.6 Å². The zero-order valence-corrected chi connectivity index (χ0v) is 16.0. The summed E-state index contributed by atoms with van der Waals surface area (Å²) in [4.78, 5) is 0. The molecule has 0 unspecified atom stereocenters. The number of hydrogen-bond acceptors (Lipinski definition) is 6. The summed E-state index contributed by atoms with van der Waals surface area (Å²) < 4.78 is 5.85. The molecule has 1 heterocycles. The number of nitrogens with zero attached hydrogens (tertiary/aromatic N) is 4. The lowest BCUT2D eigenvalue weighted by molar-refractivity contribution is 0.306. The first-order valence-corrected chi connectivity index (χ1v) is 9.30. The molecule has 0 saturated carbocycles. The number of benzene rings is 3. The zero-order valence-electron chi connectivity index (χ0n) is 16.0. The fraction of sp³-hybridized carbons (Fsp3) is 0.0435. The normalized spacial score (nSPS) is 11.0. The smallest absolute Gasteiger partial charge is 0.216 e. The van der Waals surface area contributed by atoms with E-state index in [2.05, 4.69) is 32.0 Å². The van der Waals surface area contributed by atoms with Crippen LogP contribution in [-0.4, -0.2) is 20.6 Å². The highest BCUT2D eigenvalue weighted by Crippen LogP contribution is 2.25. The average molecular weight is 394 g/mol. The van der Waals surface area contributed by atoms with E-state index in [-0.39, 0.29) is 11.4 Å². The van der Waals surface area contributed by atoms with Crippen LogP contribution in [0.1, 0.15) is 11.4 Å². The standard InChI is InChI=1S/C23H18N6O/c24-14-20(23-26-28-29-27-23)15-25-21-8-4-7-19(13-21)18-9-11-22(12-10-18)30-16-17-5-2-1-3-6-17/h1-13,15,25H,16H2,(H,26,27,28,29). The minimum Gasteiger partial charge on any atom is -0.489 e. The topological polar surface area (TPSA) is 99.5 Å². The number of rotatable bonds is 7. The molecule has 0 aliphatic heterocycles. The van der Waals surface area contributed by atoms with Crippen LogP contribution < -0.4 is 10.1 Å². The Morgan fingerprint density at radius 3 is 2.57 bits per heavy atom. The molecular formula is C23H18N6O. The molecule has 0 amide bonds. The van der Waals surface area contributed by atoms with E-state index in [9.17, 15) is 5.26 Å². The summed E-state index contributed by atoms with van der Waals surface area (Å²) in [5.41, 5.74) is 4.36. The molecule has 7 heteroatoms. The minimum absolute atomic E-state index is 0.243. The minimum atomic E-state index is 0.243. The molecule has 0 aliphatic carbocycles. The average Bonchev–Trinajstić information content (AvgIpc) is 3.34. The van der Waals surface area contributed by atoms with Crippen molar-refractivity contribution in [2.75, 3.05) is 5.32 Å². The van der Waals surface area contributed by atoms with Crippen molar-refractivity contribution in [1.29, 1.82) is 5.26 Å². The molecule has 0 bridgehead atoms. The molecule has 146 valence electrons. The fourth-order valence-electron chi connectivity index (χ4n) is 2.85. The lowest BCUT2D eigenvalue weighted by Crippen LogP contribution is -1.95. The Morgan fingerprint density at radius 2 is 1.83 bits per heavy atom. The van der Waals surface area contributed by atoms with Crippen LogP contribution in [0.4, 0.5) is 5.69 Å². The van der Waals surface area contributed by atoms with Crippen LogP contribution >= 0.6 is 0 Å². The maximum atomic E-state index is 9.26. The SMILES string of the molecule is N#CC(=CNc1cccc(-c2ccc(OCc3ccccc3)cc2)c1)c1nn[nH]n1. The van der Waals surface area contributed by atoms with Crippen molar-refractivity contribution in [3.63, 3.8) is 0 Å². The number of nitrogens with one attached hydrogen (secondary N) is 2. The summed E-state index contributed by atoms with van der Waals surface area (Å²) in [5.74, 6) is 1.06. The molecule has 0 atom stereocenters. The Hall–Kier alpha value is -4.44. The highest BCUT2D eigenvalue weighted by atomic mass is 16.5. The van der Waals surface area contributed by atoms with Gasteiger partial charge in [0, 0.05) is 11.9 Å². The Labute approximate surface area is 173 Å². The lowest BCUT2D eigenvalue weighted by Gasteiger charge is -2.09. The number of ether oxygens (including phenoxy) is 1. The second-order valence-corrected chi connectivity index (χ2v) is 6.43. The monoisotopic (exact) mass is 394 g/mol. The van der Waals surface area contributed by atoms with Crippen molar-refractivity contribution in [1.82, 2.24) is 20.6 Å². The van der Waals surface area contributed by atoms with Crippen molar-refractivity contribution >= 4 is 11.3 Å². The fourth-order valence-corrected chi connectivity index (χ4v) is 2.85. The number of anilines is 1. The highest BCUT2D eigenvalue weighted by molar-refractivity contribution is 5.75. The first-order valence-electron chi connectivity index (χ1n) is 9.30. The van der Waals surface area contributed by atoms with Crippen molar-refractivity contribution in [3.8, 4) is 22.9 Å². The van der Waals surface area contributed by atoms with E-state index in [1.807, 2.05) is 78.9 Å². The largest absolute Gasteiger partial charge is 0.489 e. The van der Waals surface area contributed by atoms with Gasteiger partial charge in [0.05, 0.1) is 0 Å². The van der Waals surface area contributed by atoms with Crippen molar-refractivity contribution in [3.05, 3.63) is 96.5 Å². The van der Waals surface area contributed by atoms with Crippen LogP contribution in [-0.2, 0) is 6.61 Å². The Morgan fingerprint density at radius 1 is 1.00 bits per heavy atom.